The van der Waals surface area contributed by atoms with Gasteiger partial charge in [0.15, 0.2) is 0 Å². The highest BCUT2D eigenvalue weighted by Crippen LogP contribution is 2.13. The highest BCUT2D eigenvalue weighted by atomic mass is 32.2. The number of thioether (sulfide) groups is 1. The van der Waals surface area contributed by atoms with Crippen molar-refractivity contribution in [2.75, 3.05) is 11.5 Å². The van der Waals surface area contributed by atoms with Gasteiger partial charge in [-0.05, 0) is 25.5 Å². The Morgan fingerprint density at radius 3 is 3.10 bits per heavy atom. The highest BCUT2D eigenvalue weighted by molar-refractivity contribution is 7.99. The average molecular weight is 159 g/mol. The fourth-order valence-corrected chi connectivity index (χ4v) is 2.56. The van der Waals surface area contributed by atoms with Crippen molar-refractivity contribution in [2.24, 2.45) is 0 Å². The Morgan fingerprint density at radius 1 is 1.60 bits per heavy atom. The van der Waals surface area contributed by atoms with E-state index in [9.17, 15) is 0 Å². The Labute approximate surface area is 68.0 Å². The van der Waals surface area contributed by atoms with Gasteiger partial charge in [-0.15, -0.1) is 0 Å². The van der Waals surface area contributed by atoms with E-state index in [1.54, 1.807) is 0 Å². The van der Waals surface area contributed by atoms with Crippen LogP contribution in [0, 0.1) is 0 Å². The molecule has 1 N–H and O–H groups in total. The van der Waals surface area contributed by atoms with Crippen LogP contribution in [0.5, 0.6) is 0 Å². The predicted octanol–water partition coefficient (Wildman–Crippen LogP) is 1.88. The molecule has 0 aliphatic carbocycles. The smallest absolute Gasteiger partial charge is 0.0158 e. The molecule has 1 aliphatic heterocycles. The lowest BCUT2D eigenvalue weighted by Crippen LogP contribution is -2.35. The maximum absolute atomic E-state index is 3.61. The minimum atomic E-state index is 0.736. The Morgan fingerprint density at radius 2 is 2.40 bits per heavy atom. The molecule has 0 spiro atoms. The topological polar surface area (TPSA) is 12.0 Å². The van der Waals surface area contributed by atoms with Crippen molar-refractivity contribution in [3.05, 3.63) is 0 Å². The van der Waals surface area contributed by atoms with Gasteiger partial charge in [0.25, 0.3) is 0 Å². The summed E-state index contributed by atoms with van der Waals surface area (Å²) in [5.41, 5.74) is 0. The summed E-state index contributed by atoms with van der Waals surface area (Å²) in [7, 11) is 0. The Kier molecular flexibility index (Phi) is 3.57. The first-order valence-corrected chi connectivity index (χ1v) is 5.32. The quantitative estimate of drug-likeness (QED) is 0.627. The maximum atomic E-state index is 3.61. The molecule has 0 bridgehead atoms. The molecule has 2 heteroatoms. The van der Waals surface area contributed by atoms with Crippen LogP contribution < -0.4 is 5.32 Å². The van der Waals surface area contributed by atoms with Gasteiger partial charge in [0.2, 0.25) is 0 Å². The summed E-state index contributed by atoms with van der Waals surface area (Å²) in [6, 6.07) is 1.50. The van der Waals surface area contributed by atoms with Gasteiger partial charge in [-0.1, -0.05) is 6.92 Å². The Bertz CT molecular complexity index is 95.3. The van der Waals surface area contributed by atoms with E-state index in [2.05, 4.69) is 30.9 Å². The molecule has 0 amide bonds. The second kappa shape index (κ2) is 4.24. The first-order chi connectivity index (χ1) is 4.83. The molecule has 1 rings (SSSR count). The zero-order chi connectivity index (χ0) is 7.40. The second-order valence-electron chi connectivity index (χ2n) is 3.04. The SMILES string of the molecule is CCC1CSCCC(C)N1. The van der Waals surface area contributed by atoms with Crippen molar-refractivity contribution in [1.82, 2.24) is 5.32 Å². The lowest BCUT2D eigenvalue weighted by atomic mass is 10.2. The normalized spacial score (nSPS) is 35.4. The summed E-state index contributed by atoms with van der Waals surface area (Å²) in [4.78, 5) is 0. The molecule has 1 heterocycles. The number of hydrogen-bond donors (Lipinski definition) is 1. The lowest BCUT2D eigenvalue weighted by Gasteiger charge is -2.16. The number of hydrogen-bond acceptors (Lipinski definition) is 2. The van der Waals surface area contributed by atoms with Crippen LogP contribution in [0.1, 0.15) is 26.7 Å². The van der Waals surface area contributed by atoms with Crippen molar-refractivity contribution < 1.29 is 0 Å². The zero-order valence-electron chi connectivity index (χ0n) is 6.89. The van der Waals surface area contributed by atoms with Crippen LogP contribution in [0.3, 0.4) is 0 Å². The predicted molar refractivity (Wildman–Crippen MR) is 48.6 cm³/mol. The summed E-state index contributed by atoms with van der Waals surface area (Å²) < 4.78 is 0. The molecule has 0 aromatic heterocycles. The maximum Gasteiger partial charge on any atom is 0.0158 e. The molecule has 10 heavy (non-hydrogen) atoms. The van der Waals surface area contributed by atoms with E-state index >= 15 is 0 Å². The van der Waals surface area contributed by atoms with E-state index in [1.807, 2.05) is 0 Å². The molecule has 1 saturated heterocycles. The third-order valence-electron chi connectivity index (χ3n) is 2.03. The van der Waals surface area contributed by atoms with Crippen LogP contribution in [0.4, 0.5) is 0 Å². The van der Waals surface area contributed by atoms with E-state index in [4.69, 9.17) is 0 Å². The van der Waals surface area contributed by atoms with Crippen LogP contribution in [-0.2, 0) is 0 Å². The summed E-state index contributed by atoms with van der Waals surface area (Å²) in [6.45, 7) is 4.55. The molecule has 1 nitrogen and oxygen atoms in total. The Hall–Kier alpha value is 0.310. The molecule has 0 radical (unpaired) electrons. The van der Waals surface area contributed by atoms with Crippen LogP contribution in [-0.4, -0.2) is 23.6 Å². The van der Waals surface area contributed by atoms with E-state index in [0.29, 0.717) is 0 Å². The molecule has 0 saturated carbocycles. The van der Waals surface area contributed by atoms with E-state index in [0.717, 1.165) is 12.1 Å². The van der Waals surface area contributed by atoms with E-state index < -0.39 is 0 Å². The standard InChI is InChI=1S/C8H17NS/c1-3-8-6-10-5-4-7(2)9-8/h7-9H,3-6H2,1-2H3. The number of rotatable bonds is 1. The molecule has 0 aromatic rings. The first-order valence-electron chi connectivity index (χ1n) is 4.16. The molecule has 60 valence electrons. The molecule has 0 aromatic carbocycles. The molecular weight excluding hydrogens is 142 g/mol. The lowest BCUT2D eigenvalue weighted by molar-refractivity contribution is 0.463. The van der Waals surface area contributed by atoms with Gasteiger partial charge in [-0.2, -0.15) is 11.8 Å². The van der Waals surface area contributed by atoms with Crippen molar-refractivity contribution in [1.29, 1.82) is 0 Å². The highest BCUT2D eigenvalue weighted by Gasteiger charge is 2.13. The average Bonchev–Trinajstić information content (AvgIpc) is 2.13. The summed E-state index contributed by atoms with van der Waals surface area (Å²) >= 11 is 2.09. The minimum Gasteiger partial charge on any atom is -0.311 e. The van der Waals surface area contributed by atoms with Crippen molar-refractivity contribution in [3.63, 3.8) is 0 Å². The van der Waals surface area contributed by atoms with Crippen molar-refractivity contribution in [3.8, 4) is 0 Å². The van der Waals surface area contributed by atoms with Crippen LogP contribution in [0.15, 0.2) is 0 Å². The van der Waals surface area contributed by atoms with E-state index in [-0.39, 0.29) is 0 Å². The zero-order valence-corrected chi connectivity index (χ0v) is 7.71. The van der Waals surface area contributed by atoms with Crippen LogP contribution in [0.25, 0.3) is 0 Å². The molecular formula is C8H17NS. The van der Waals surface area contributed by atoms with Gasteiger partial charge in [-0.25, -0.2) is 0 Å². The van der Waals surface area contributed by atoms with E-state index in [1.165, 1.54) is 24.3 Å². The van der Waals surface area contributed by atoms with Gasteiger partial charge in [0.05, 0.1) is 0 Å². The largest absolute Gasteiger partial charge is 0.311 e. The molecule has 1 aliphatic rings. The summed E-state index contributed by atoms with van der Waals surface area (Å²) in [6.07, 6.45) is 2.61. The molecule has 2 unspecified atom stereocenters. The number of nitrogens with one attached hydrogen (secondary N) is 1. The monoisotopic (exact) mass is 159 g/mol. The summed E-state index contributed by atoms with van der Waals surface area (Å²) in [5.74, 6) is 2.64. The van der Waals surface area contributed by atoms with Gasteiger partial charge in [0.1, 0.15) is 0 Å². The molecule has 2 atom stereocenters. The minimum absolute atomic E-state index is 0.736. The third-order valence-corrected chi connectivity index (χ3v) is 3.19. The van der Waals surface area contributed by atoms with Crippen molar-refractivity contribution in [2.45, 2.75) is 38.8 Å². The fraction of sp³-hybridized carbons (Fsp3) is 1.00. The van der Waals surface area contributed by atoms with Gasteiger partial charge >= 0.3 is 0 Å². The summed E-state index contributed by atoms with van der Waals surface area (Å²) in [5, 5.41) is 3.61. The van der Waals surface area contributed by atoms with Gasteiger partial charge < -0.3 is 5.32 Å². The molecule has 1 fully saturated rings. The first kappa shape index (κ1) is 8.41. The second-order valence-corrected chi connectivity index (χ2v) is 4.19. The fourth-order valence-electron chi connectivity index (χ4n) is 1.26. The van der Waals surface area contributed by atoms with Crippen LogP contribution >= 0.6 is 11.8 Å². The Balaban J connectivity index is 2.30. The third kappa shape index (κ3) is 2.51. The van der Waals surface area contributed by atoms with Crippen LogP contribution in [0.2, 0.25) is 0 Å². The van der Waals surface area contributed by atoms with Gasteiger partial charge in [0, 0.05) is 17.8 Å². The van der Waals surface area contributed by atoms with Gasteiger partial charge in [-0.3, -0.25) is 0 Å². The van der Waals surface area contributed by atoms with Crippen molar-refractivity contribution >= 4 is 11.8 Å².